The van der Waals surface area contributed by atoms with Crippen LogP contribution in [0.25, 0.3) is 28.2 Å². The Kier molecular flexibility index (Phi) is 3.69. The Balaban J connectivity index is 2.12. The van der Waals surface area contributed by atoms with Crippen molar-refractivity contribution in [3.8, 4) is 22.8 Å². The van der Waals surface area contributed by atoms with Crippen molar-refractivity contribution in [2.24, 2.45) is 5.73 Å². The number of amides is 1. The number of nitrogens with one attached hydrogen (secondary N) is 1. The second-order valence-corrected chi connectivity index (χ2v) is 5.69. The first-order chi connectivity index (χ1) is 13.0. The predicted octanol–water partition coefficient (Wildman–Crippen LogP) is 1.72. The fraction of sp³-hybridized carbons (Fsp3) is 0. The Morgan fingerprint density at radius 1 is 1.11 bits per heavy atom. The van der Waals surface area contributed by atoms with Crippen molar-refractivity contribution in [3.05, 3.63) is 70.5 Å². The van der Waals surface area contributed by atoms with E-state index in [-0.39, 0.29) is 39.7 Å². The molecule has 0 radical (unpaired) electrons. The number of hydrogen-bond donors (Lipinski definition) is 3. The van der Waals surface area contributed by atoms with E-state index in [1.54, 1.807) is 24.3 Å². The fourth-order valence-electron chi connectivity index (χ4n) is 2.80. The standard InChI is InChI=1S/C18H12FN5O3/c19-10-6-2-3-7-11(10)24-17-14(22-18(24)27)13(15(20)26)21-16(23-17)9-5-1-4-8-12(9)25/h1-8,25H,(H2,20,26)(H,22,27). The molecule has 0 aliphatic heterocycles. The third-order valence-corrected chi connectivity index (χ3v) is 4.01. The molecule has 4 aromatic rings. The average molecular weight is 365 g/mol. The van der Waals surface area contributed by atoms with E-state index in [1.807, 2.05) is 0 Å². The van der Waals surface area contributed by atoms with E-state index in [4.69, 9.17) is 5.73 Å². The van der Waals surface area contributed by atoms with E-state index in [2.05, 4.69) is 15.0 Å². The second kappa shape index (κ2) is 6.06. The second-order valence-electron chi connectivity index (χ2n) is 5.69. The van der Waals surface area contributed by atoms with Gasteiger partial charge in [-0.15, -0.1) is 0 Å². The van der Waals surface area contributed by atoms with Gasteiger partial charge in [0.2, 0.25) is 0 Å². The third kappa shape index (κ3) is 2.61. The maximum Gasteiger partial charge on any atom is 0.332 e. The third-order valence-electron chi connectivity index (χ3n) is 4.01. The van der Waals surface area contributed by atoms with Crippen molar-refractivity contribution >= 4 is 17.1 Å². The van der Waals surface area contributed by atoms with Crippen LogP contribution in [-0.2, 0) is 0 Å². The van der Waals surface area contributed by atoms with Crippen LogP contribution in [0.3, 0.4) is 0 Å². The molecule has 2 heterocycles. The van der Waals surface area contributed by atoms with Crippen molar-refractivity contribution in [2.45, 2.75) is 0 Å². The van der Waals surface area contributed by atoms with Crippen molar-refractivity contribution in [1.82, 2.24) is 19.5 Å². The minimum absolute atomic E-state index is 0.0186. The molecule has 0 bridgehead atoms. The molecule has 0 aliphatic carbocycles. The number of nitrogens with zero attached hydrogens (tertiary/aromatic N) is 3. The average Bonchev–Trinajstić information content (AvgIpc) is 2.97. The van der Waals surface area contributed by atoms with Gasteiger partial charge in [-0.05, 0) is 24.3 Å². The summed E-state index contributed by atoms with van der Waals surface area (Å²) in [6, 6.07) is 11.9. The summed E-state index contributed by atoms with van der Waals surface area (Å²) in [5.41, 5.74) is 4.57. The first-order valence-electron chi connectivity index (χ1n) is 7.83. The van der Waals surface area contributed by atoms with Crippen LogP contribution in [0, 0.1) is 5.82 Å². The van der Waals surface area contributed by atoms with Crippen LogP contribution >= 0.6 is 0 Å². The monoisotopic (exact) mass is 365 g/mol. The number of fused-ring (bicyclic) bond motifs is 1. The van der Waals surface area contributed by atoms with Gasteiger partial charge in [0.1, 0.15) is 17.1 Å². The number of benzene rings is 2. The zero-order chi connectivity index (χ0) is 19.1. The SMILES string of the molecule is NC(=O)c1nc(-c2ccccc2O)nc2c1[nH]c(=O)n2-c1ccccc1F. The summed E-state index contributed by atoms with van der Waals surface area (Å²) in [5, 5.41) is 10.1. The Morgan fingerprint density at radius 2 is 1.81 bits per heavy atom. The molecule has 0 saturated heterocycles. The lowest BCUT2D eigenvalue weighted by molar-refractivity contribution is 0.0997. The molecule has 0 spiro atoms. The number of carbonyl (C=O) groups excluding carboxylic acids is 1. The van der Waals surface area contributed by atoms with Crippen LogP contribution in [0.4, 0.5) is 4.39 Å². The molecule has 27 heavy (non-hydrogen) atoms. The molecule has 0 saturated carbocycles. The van der Waals surface area contributed by atoms with Gasteiger partial charge in [-0.3, -0.25) is 4.79 Å². The highest BCUT2D eigenvalue weighted by atomic mass is 19.1. The molecule has 1 amide bonds. The van der Waals surface area contributed by atoms with Gasteiger partial charge in [0.15, 0.2) is 17.2 Å². The van der Waals surface area contributed by atoms with Crippen LogP contribution in [0.2, 0.25) is 0 Å². The molecule has 134 valence electrons. The highest BCUT2D eigenvalue weighted by Crippen LogP contribution is 2.28. The largest absolute Gasteiger partial charge is 0.507 e. The number of rotatable bonds is 3. The minimum atomic E-state index is -0.902. The van der Waals surface area contributed by atoms with Crippen molar-refractivity contribution in [2.75, 3.05) is 0 Å². The smallest absolute Gasteiger partial charge is 0.332 e. The number of aromatic hydroxyl groups is 1. The Hall–Kier alpha value is -4.01. The molecule has 2 aromatic heterocycles. The molecular weight excluding hydrogens is 353 g/mol. The maximum absolute atomic E-state index is 14.3. The molecule has 0 unspecified atom stereocenters. The number of nitrogens with two attached hydrogens (primary N) is 1. The van der Waals surface area contributed by atoms with Crippen LogP contribution in [0.5, 0.6) is 5.75 Å². The van der Waals surface area contributed by atoms with Gasteiger partial charge in [0.25, 0.3) is 5.91 Å². The number of phenolic OH excluding ortho intramolecular Hbond substituents is 1. The van der Waals surface area contributed by atoms with Crippen LogP contribution < -0.4 is 11.4 Å². The molecule has 8 nitrogen and oxygen atoms in total. The Morgan fingerprint density at radius 3 is 2.52 bits per heavy atom. The van der Waals surface area contributed by atoms with E-state index in [1.165, 1.54) is 24.3 Å². The summed E-state index contributed by atoms with van der Waals surface area (Å²) in [6.45, 7) is 0. The van der Waals surface area contributed by atoms with E-state index >= 15 is 0 Å². The number of hydrogen-bond acceptors (Lipinski definition) is 5. The van der Waals surface area contributed by atoms with Gasteiger partial charge in [0.05, 0.1) is 11.3 Å². The zero-order valence-corrected chi connectivity index (χ0v) is 13.7. The highest BCUT2D eigenvalue weighted by Gasteiger charge is 2.22. The molecule has 4 N–H and O–H groups in total. The summed E-state index contributed by atoms with van der Waals surface area (Å²) in [5.74, 6) is -1.70. The molecule has 9 heteroatoms. The van der Waals surface area contributed by atoms with Gasteiger partial charge in [-0.1, -0.05) is 24.3 Å². The molecular formula is C18H12FN5O3. The summed E-state index contributed by atoms with van der Waals surface area (Å²) < 4.78 is 15.2. The number of para-hydroxylation sites is 2. The minimum Gasteiger partial charge on any atom is -0.507 e. The maximum atomic E-state index is 14.3. The van der Waals surface area contributed by atoms with Crippen molar-refractivity contribution < 1.29 is 14.3 Å². The van der Waals surface area contributed by atoms with Crippen LogP contribution in [0.15, 0.2) is 53.3 Å². The Labute approximate surface area is 150 Å². The summed E-state index contributed by atoms with van der Waals surface area (Å²) in [4.78, 5) is 35.1. The van der Waals surface area contributed by atoms with Gasteiger partial charge in [-0.2, -0.15) is 0 Å². The lowest BCUT2D eigenvalue weighted by atomic mass is 10.2. The topological polar surface area (TPSA) is 127 Å². The molecule has 4 rings (SSSR count). The number of aromatic nitrogens is 4. The number of primary amides is 1. The van der Waals surface area contributed by atoms with Gasteiger partial charge < -0.3 is 15.8 Å². The number of phenols is 1. The van der Waals surface area contributed by atoms with Crippen molar-refractivity contribution in [1.29, 1.82) is 0 Å². The normalized spacial score (nSPS) is 11.0. The molecule has 0 fully saturated rings. The highest BCUT2D eigenvalue weighted by molar-refractivity contribution is 6.02. The number of carbonyl (C=O) groups is 1. The fourth-order valence-corrected chi connectivity index (χ4v) is 2.80. The number of H-pyrrole nitrogens is 1. The van der Waals surface area contributed by atoms with Gasteiger partial charge >= 0.3 is 5.69 Å². The van der Waals surface area contributed by atoms with E-state index < -0.39 is 17.4 Å². The van der Waals surface area contributed by atoms with Crippen LogP contribution in [-0.4, -0.2) is 30.5 Å². The van der Waals surface area contributed by atoms with Gasteiger partial charge in [-0.25, -0.2) is 23.7 Å². The lowest BCUT2D eigenvalue weighted by Crippen LogP contribution is -2.16. The summed E-state index contributed by atoms with van der Waals surface area (Å²) in [6.07, 6.45) is 0. The summed E-state index contributed by atoms with van der Waals surface area (Å²) in [7, 11) is 0. The lowest BCUT2D eigenvalue weighted by Gasteiger charge is -2.08. The number of halogens is 1. The summed E-state index contributed by atoms with van der Waals surface area (Å²) >= 11 is 0. The Bertz CT molecular complexity index is 1260. The van der Waals surface area contributed by atoms with E-state index in [0.29, 0.717) is 0 Å². The molecule has 2 aromatic carbocycles. The quantitative estimate of drug-likeness (QED) is 0.509. The van der Waals surface area contributed by atoms with Gasteiger partial charge in [0, 0.05) is 0 Å². The van der Waals surface area contributed by atoms with E-state index in [9.17, 15) is 19.1 Å². The zero-order valence-electron chi connectivity index (χ0n) is 13.7. The van der Waals surface area contributed by atoms with Crippen molar-refractivity contribution in [3.63, 3.8) is 0 Å². The first kappa shape index (κ1) is 16.5. The number of aromatic amines is 1. The number of imidazole rings is 1. The van der Waals surface area contributed by atoms with Crippen LogP contribution in [0.1, 0.15) is 10.5 Å². The van der Waals surface area contributed by atoms with E-state index in [0.717, 1.165) is 4.57 Å². The predicted molar refractivity (Wildman–Crippen MR) is 95.1 cm³/mol. The first-order valence-corrected chi connectivity index (χ1v) is 7.83. The molecule has 0 atom stereocenters. The molecule has 0 aliphatic rings.